The highest BCUT2D eigenvalue weighted by molar-refractivity contribution is 7.92. The van der Waals surface area contributed by atoms with Gasteiger partial charge in [-0.15, -0.1) is 0 Å². The first kappa shape index (κ1) is 24.4. The molecule has 0 aliphatic heterocycles. The maximum atomic E-state index is 12.9. The number of aromatic nitrogens is 1. The van der Waals surface area contributed by atoms with Crippen LogP contribution in [0.1, 0.15) is 21.5 Å². The van der Waals surface area contributed by atoms with E-state index >= 15 is 0 Å². The highest BCUT2D eigenvalue weighted by atomic mass is 32.2. The van der Waals surface area contributed by atoms with E-state index in [-0.39, 0.29) is 17.0 Å². The van der Waals surface area contributed by atoms with Crippen molar-refractivity contribution in [2.75, 3.05) is 11.8 Å². The van der Waals surface area contributed by atoms with Crippen LogP contribution in [0.15, 0.2) is 76.6 Å². The molecule has 0 spiro atoms. The van der Waals surface area contributed by atoms with E-state index in [1.165, 1.54) is 54.8 Å². The number of esters is 1. The van der Waals surface area contributed by atoms with Crippen LogP contribution < -0.4 is 9.52 Å². The number of nitrogens with one attached hydrogen (secondary N) is 1. The minimum atomic E-state index is -3.74. The summed E-state index contributed by atoms with van der Waals surface area (Å²) in [5.74, 6) is -0.963. The Kier molecular flexibility index (Phi) is 6.86. The summed E-state index contributed by atoms with van der Waals surface area (Å²) < 4.78 is 34.9. The number of ether oxygens (including phenoxy) is 1. The lowest BCUT2D eigenvalue weighted by molar-refractivity contribution is -0.141. The molecule has 35 heavy (non-hydrogen) atoms. The van der Waals surface area contributed by atoms with E-state index in [4.69, 9.17) is 4.74 Å². The second kappa shape index (κ2) is 9.85. The molecule has 0 bridgehead atoms. The highest BCUT2D eigenvalue weighted by Gasteiger charge is 2.16. The molecule has 0 unspecified atom stereocenters. The molecule has 0 aliphatic rings. The lowest BCUT2D eigenvalue weighted by Crippen LogP contribution is -2.22. The Morgan fingerprint density at radius 3 is 2.37 bits per heavy atom. The molecule has 8 nitrogen and oxygen atoms in total. The molecule has 0 radical (unpaired) electrons. The average Bonchev–Trinajstić information content (AvgIpc) is 3.16. The third kappa shape index (κ3) is 5.33. The number of thiazole rings is 1. The van der Waals surface area contributed by atoms with Crippen LogP contribution in [0.4, 0.5) is 5.69 Å². The van der Waals surface area contributed by atoms with Crippen molar-refractivity contribution in [3.63, 3.8) is 0 Å². The fourth-order valence-electron chi connectivity index (χ4n) is 3.59. The van der Waals surface area contributed by atoms with E-state index in [2.05, 4.69) is 9.71 Å². The number of hydrogen-bond donors (Lipinski definition) is 1. The third-order valence-electron chi connectivity index (χ3n) is 5.26. The van der Waals surface area contributed by atoms with Gasteiger partial charge in [-0.25, -0.2) is 8.42 Å². The highest BCUT2D eigenvalue weighted by Crippen LogP contribution is 2.24. The number of hydrogen-bond acceptors (Lipinski definition) is 6. The molecule has 10 heteroatoms. The molecular formula is C25H23N3O5S2. The number of benzene rings is 3. The summed E-state index contributed by atoms with van der Waals surface area (Å²) in [5, 5.41) is 0. The van der Waals surface area contributed by atoms with Gasteiger partial charge in [0.1, 0.15) is 6.54 Å². The van der Waals surface area contributed by atoms with Gasteiger partial charge in [0.25, 0.3) is 15.9 Å². The minimum Gasteiger partial charge on any atom is -0.468 e. The van der Waals surface area contributed by atoms with Crippen LogP contribution in [0.3, 0.4) is 0 Å². The molecule has 0 atom stereocenters. The van der Waals surface area contributed by atoms with Crippen molar-refractivity contribution < 1.29 is 22.7 Å². The maximum absolute atomic E-state index is 12.9. The number of methoxy groups -OCH3 is 1. The Morgan fingerprint density at radius 2 is 1.71 bits per heavy atom. The van der Waals surface area contributed by atoms with E-state index in [1.807, 2.05) is 26.0 Å². The van der Waals surface area contributed by atoms with Crippen molar-refractivity contribution in [1.29, 1.82) is 0 Å². The number of anilines is 1. The van der Waals surface area contributed by atoms with Crippen molar-refractivity contribution in [2.24, 2.45) is 4.99 Å². The van der Waals surface area contributed by atoms with Gasteiger partial charge in [-0.1, -0.05) is 35.6 Å². The maximum Gasteiger partial charge on any atom is 0.325 e. The Morgan fingerprint density at radius 1 is 1.03 bits per heavy atom. The van der Waals surface area contributed by atoms with Gasteiger partial charge in [0.15, 0.2) is 4.80 Å². The summed E-state index contributed by atoms with van der Waals surface area (Å²) in [6, 6.07) is 18.0. The van der Waals surface area contributed by atoms with E-state index < -0.39 is 21.9 Å². The normalized spacial score (nSPS) is 12.0. The quantitative estimate of drug-likeness (QED) is 0.395. The molecule has 0 saturated carbocycles. The van der Waals surface area contributed by atoms with Gasteiger partial charge < -0.3 is 9.30 Å². The second-order valence-electron chi connectivity index (χ2n) is 7.89. The van der Waals surface area contributed by atoms with Gasteiger partial charge in [-0.3, -0.25) is 14.3 Å². The second-order valence-corrected chi connectivity index (χ2v) is 10.5. The number of aryl methyl sites for hydroxylation is 2. The van der Waals surface area contributed by atoms with Crippen molar-refractivity contribution in [2.45, 2.75) is 25.3 Å². The molecule has 1 amide bonds. The van der Waals surface area contributed by atoms with Gasteiger partial charge in [0.05, 0.1) is 22.2 Å². The van der Waals surface area contributed by atoms with E-state index in [0.29, 0.717) is 10.5 Å². The summed E-state index contributed by atoms with van der Waals surface area (Å²) in [5.41, 5.74) is 3.45. The standard InChI is InChI=1S/C25H23N3O5S2/c1-16-13-17(2)23-21(14-16)28(15-22(29)33-3)25(34-23)26-24(30)18-9-11-19(12-10-18)27-35(31,32)20-7-5-4-6-8-20/h4-14,27H,15H2,1-3H3. The summed E-state index contributed by atoms with van der Waals surface area (Å²) in [7, 11) is -2.43. The molecule has 3 aromatic carbocycles. The zero-order chi connectivity index (χ0) is 25.2. The Hall–Kier alpha value is -3.76. The number of carbonyl (C=O) groups is 2. The summed E-state index contributed by atoms with van der Waals surface area (Å²) in [6.07, 6.45) is 0. The zero-order valence-electron chi connectivity index (χ0n) is 19.3. The number of rotatable bonds is 6. The first-order chi connectivity index (χ1) is 16.7. The summed E-state index contributed by atoms with van der Waals surface area (Å²) in [6.45, 7) is 3.85. The lowest BCUT2D eigenvalue weighted by atomic mass is 10.1. The molecule has 0 aliphatic carbocycles. The molecule has 4 aromatic rings. The molecule has 0 fully saturated rings. The Labute approximate surface area is 206 Å². The van der Waals surface area contributed by atoms with Crippen LogP contribution in [-0.2, 0) is 26.1 Å². The number of sulfonamides is 1. The van der Waals surface area contributed by atoms with Crippen LogP contribution in [0.2, 0.25) is 0 Å². The fraction of sp³-hybridized carbons (Fsp3) is 0.160. The topological polar surface area (TPSA) is 107 Å². The van der Waals surface area contributed by atoms with Crippen molar-refractivity contribution in [3.8, 4) is 0 Å². The smallest absolute Gasteiger partial charge is 0.325 e. The monoisotopic (exact) mass is 509 g/mol. The summed E-state index contributed by atoms with van der Waals surface area (Å²) in [4.78, 5) is 29.8. The molecule has 1 heterocycles. The van der Waals surface area contributed by atoms with Crippen molar-refractivity contribution in [3.05, 3.63) is 88.2 Å². The largest absolute Gasteiger partial charge is 0.468 e. The Balaban J connectivity index is 1.66. The van der Waals surface area contributed by atoms with Crippen molar-refractivity contribution in [1.82, 2.24) is 4.57 Å². The molecule has 1 N–H and O–H groups in total. The van der Waals surface area contributed by atoms with Gasteiger partial charge in [-0.2, -0.15) is 4.99 Å². The Bertz CT molecular complexity index is 1590. The van der Waals surface area contributed by atoms with Crippen molar-refractivity contribution >= 4 is 49.1 Å². The molecule has 0 saturated heterocycles. The molecule has 180 valence electrons. The first-order valence-corrected chi connectivity index (χ1v) is 12.9. The predicted molar refractivity (Wildman–Crippen MR) is 135 cm³/mol. The first-order valence-electron chi connectivity index (χ1n) is 10.6. The average molecular weight is 510 g/mol. The van der Waals surface area contributed by atoms with Gasteiger partial charge in [-0.05, 0) is 67.4 Å². The van der Waals surface area contributed by atoms with Crippen LogP contribution in [0, 0.1) is 13.8 Å². The zero-order valence-corrected chi connectivity index (χ0v) is 20.9. The lowest BCUT2D eigenvalue weighted by Gasteiger charge is -2.08. The van der Waals surface area contributed by atoms with Crippen LogP contribution in [-0.4, -0.2) is 32.0 Å². The van der Waals surface area contributed by atoms with Gasteiger partial charge in [0, 0.05) is 11.3 Å². The minimum absolute atomic E-state index is 0.0777. The van der Waals surface area contributed by atoms with Crippen LogP contribution >= 0.6 is 11.3 Å². The number of carbonyl (C=O) groups excluding carboxylic acids is 2. The van der Waals surface area contributed by atoms with Crippen LogP contribution in [0.5, 0.6) is 0 Å². The van der Waals surface area contributed by atoms with Crippen LogP contribution in [0.25, 0.3) is 10.2 Å². The molecular weight excluding hydrogens is 486 g/mol. The van der Waals surface area contributed by atoms with E-state index in [0.717, 1.165) is 21.3 Å². The fourth-order valence-corrected chi connectivity index (χ4v) is 5.75. The predicted octanol–water partition coefficient (Wildman–Crippen LogP) is 4.03. The van der Waals surface area contributed by atoms with Gasteiger partial charge in [0.2, 0.25) is 0 Å². The van der Waals surface area contributed by atoms with E-state index in [1.54, 1.807) is 22.8 Å². The number of fused-ring (bicyclic) bond motifs is 1. The molecule has 4 rings (SSSR count). The summed E-state index contributed by atoms with van der Waals surface area (Å²) >= 11 is 1.32. The SMILES string of the molecule is COC(=O)Cn1c(=NC(=O)c2ccc(NS(=O)(=O)c3ccccc3)cc2)sc2c(C)cc(C)cc21. The number of nitrogens with zero attached hydrogens (tertiary/aromatic N) is 2. The van der Waals surface area contributed by atoms with E-state index in [9.17, 15) is 18.0 Å². The number of amides is 1. The third-order valence-corrected chi connectivity index (χ3v) is 7.89. The van der Waals surface area contributed by atoms with Gasteiger partial charge >= 0.3 is 5.97 Å². The molecule has 1 aromatic heterocycles.